The van der Waals surface area contributed by atoms with E-state index in [9.17, 15) is 0 Å². The molecule has 0 amide bonds. The summed E-state index contributed by atoms with van der Waals surface area (Å²) in [5, 5.41) is 18.1. The van der Waals surface area contributed by atoms with Crippen molar-refractivity contribution in [2.45, 2.75) is 6.42 Å². The molecule has 5 N–H and O–H groups in total. The molecule has 0 aromatic carbocycles. The largest absolute Gasteiger partial charge is 0.409 e. The van der Waals surface area contributed by atoms with E-state index in [2.05, 4.69) is 20.1 Å². The van der Waals surface area contributed by atoms with Gasteiger partial charge in [-0.1, -0.05) is 10.3 Å². The Morgan fingerprint density at radius 2 is 2.33 bits per heavy atom. The molecule has 1 aromatic heterocycles. The lowest BCUT2D eigenvalue weighted by atomic mass is 10.2. The van der Waals surface area contributed by atoms with Crippen molar-refractivity contribution in [3.8, 4) is 0 Å². The summed E-state index contributed by atoms with van der Waals surface area (Å²) in [6.45, 7) is 0.403. The first kappa shape index (κ1) is 8.47. The minimum atomic E-state index is -0.125. The summed E-state index contributed by atoms with van der Waals surface area (Å²) in [6, 6.07) is 0. The van der Waals surface area contributed by atoms with E-state index in [-0.39, 0.29) is 11.5 Å². The van der Waals surface area contributed by atoms with E-state index in [1.165, 1.54) is 0 Å². The third-order valence-corrected chi connectivity index (χ3v) is 1.29. The number of nitrogens with two attached hydrogens (primary N) is 2. The maximum atomic E-state index is 8.32. The van der Waals surface area contributed by atoms with Gasteiger partial charge in [-0.05, 0) is 11.7 Å². The predicted octanol–water partition coefficient (Wildman–Crippen LogP) is -1.33. The minimum absolute atomic E-state index is 0.125. The molecule has 0 fully saturated rings. The van der Waals surface area contributed by atoms with Gasteiger partial charge in [0.1, 0.15) is 5.69 Å². The lowest BCUT2D eigenvalue weighted by Gasteiger charge is -1.93. The molecule has 7 nitrogen and oxygen atoms in total. The second kappa shape index (κ2) is 3.67. The molecule has 12 heavy (non-hydrogen) atoms. The van der Waals surface area contributed by atoms with E-state index in [4.69, 9.17) is 16.7 Å². The number of amidine groups is 1. The minimum Gasteiger partial charge on any atom is -0.409 e. The van der Waals surface area contributed by atoms with E-state index >= 15 is 0 Å². The van der Waals surface area contributed by atoms with Crippen molar-refractivity contribution in [1.29, 1.82) is 0 Å². The van der Waals surface area contributed by atoms with Crippen LogP contribution in [0.2, 0.25) is 0 Å². The Bertz CT molecular complexity index is 281. The van der Waals surface area contributed by atoms with Gasteiger partial charge in [0.15, 0.2) is 11.5 Å². The smallest absolute Gasteiger partial charge is 0.194 e. The van der Waals surface area contributed by atoms with Crippen molar-refractivity contribution < 1.29 is 9.84 Å². The maximum Gasteiger partial charge on any atom is 0.194 e. The molecule has 0 bridgehead atoms. The molecule has 0 radical (unpaired) electrons. The Hall–Kier alpha value is -1.63. The Morgan fingerprint density at radius 3 is 2.92 bits per heavy atom. The van der Waals surface area contributed by atoms with E-state index in [1.54, 1.807) is 0 Å². The third kappa shape index (κ3) is 1.51. The highest BCUT2D eigenvalue weighted by molar-refractivity contribution is 5.95. The Kier molecular flexibility index (Phi) is 2.59. The van der Waals surface area contributed by atoms with Crippen molar-refractivity contribution in [2.75, 3.05) is 6.54 Å². The van der Waals surface area contributed by atoms with Gasteiger partial charge >= 0.3 is 0 Å². The van der Waals surface area contributed by atoms with Crippen LogP contribution in [0.1, 0.15) is 11.4 Å². The lowest BCUT2D eigenvalue weighted by molar-refractivity contribution is 0.300. The van der Waals surface area contributed by atoms with Crippen molar-refractivity contribution in [3.63, 3.8) is 0 Å². The fourth-order valence-corrected chi connectivity index (χ4v) is 0.749. The Labute approximate surface area is 68.0 Å². The van der Waals surface area contributed by atoms with Crippen LogP contribution in [-0.4, -0.2) is 27.9 Å². The van der Waals surface area contributed by atoms with E-state index in [1.807, 2.05) is 0 Å². The summed E-state index contributed by atoms with van der Waals surface area (Å²) >= 11 is 0. The van der Waals surface area contributed by atoms with Gasteiger partial charge in [0, 0.05) is 6.42 Å². The molecule has 0 aliphatic heterocycles. The fraction of sp³-hybridized carbons (Fsp3) is 0.400. The topological polar surface area (TPSA) is 124 Å². The van der Waals surface area contributed by atoms with Gasteiger partial charge in [-0.2, -0.15) is 0 Å². The van der Waals surface area contributed by atoms with Crippen molar-refractivity contribution in [1.82, 2.24) is 10.3 Å². The number of rotatable bonds is 3. The van der Waals surface area contributed by atoms with Crippen molar-refractivity contribution >= 4 is 5.84 Å². The molecule has 0 aliphatic carbocycles. The molecule has 7 heteroatoms. The molecule has 0 unspecified atom stereocenters. The monoisotopic (exact) mass is 171 g/mol. The zero-order valence-electron chi connectivity index (χ0n) is 6.27. The molecular formula is C5H9N5O2. The van der Waals surface area contributed by atoms with Crippen LogP contribution in [0.25, 0.3) is 0 Å². The maximum absolute atomic E-state index is 8.32. The first-order chi connectivity index (χ1) is 5.79. The number of aromatic nitrogens is 2. The first-order valence-electron chi connectivity index (χ1n) is 3.29. The van der Waals surface area contributed by atoms with Crippen LogP contribution < -0.4 is 11.5 Å². The van der Waals surface area contributed by atoms with Crippen LogP contribution in [0.4, 0.5) is 0 Å². The van der Waals surface area contributed by atoms with Gasteiger partial charge in [-0.15, -0.1) is 0 Å². The molecular weight excluding hydrogens is 162 g/mol. The van der Waals surface area contributed by atoms with Crippen LogP contribution in [0.5, 0.6) is 0 Å². The van der Waals surface area contributed by atoms with Crippen LogP contribution in [-0.2, 0) is 6.42 Å². The fourth-order valence-electron chi connectivity index (χ4n) is 0.749. The van der Waals surface area contributed by atoms with Crippen molar-refractivity contribution in [3.05, 3.63) is 11.4 Å². The Morgan fingerprint density at radius 1 is 1.58 bits per heavy atom. The predicted molar refractivity (Wildman–Crippen MR) is 39.6 cm³/mol. The first-order valence-corrected chi connectivity index (χ1v) is 3.29. The highest BCUT2D eigenvalue weighted by Gasteiger charge is 2.12. The Balaban J connectivity index is 2.91. The molecule has 0 spiro atoms. The van der Waals surface area contributed by atoms with E-state index in [0.717, 1.165) is 0 Å². The van der Waals surface area contributed by atoms with Gasteiger partial charge in [-0.25, -0.2) is 4.63 Å². The summed E-state index contributed by atoms with van der Waals surface area (Å²) in [6.07, 6.45) is 0.481. The zero-order valence-corrected chi connectivity index (χ0v) is 6.27. The average molecular weight is 171 g/mol. The highest BCUT2D eigenvalue weighted by Crippen LogP contribution is 2.01. The summed E-state index contributed by atoms with van der Waals surface area (Å²) in [4.78, 5) is 0. The van der Waals surface area contributed by atoms with E-state index < -0.39 is 0 Å². The van der Waals surface area contributed by atoms with Gasteiger partial charge < -0.3 is 16.7 Å². The molecule has 0 atom stereocenters. The normalized spacial score (nSPS) is 11.9. The summed E-state index contributed by atoms with van der Waals surface area (Å²) < 4.78 is 4.39. The summed E-state index contributed by atoms with van der Waals surface area (Å²) in [5.74, 6) is -0.125. The number of nitrogens with zero attached hydrogens (tertiary/aromatic N) is 3. The van der Waals surface area contributed by atoms with Crippen LogP contribution in [0.15, 0.2) is 9.78 Å². The summed E-state index contributed by atoms with van der Waals surface area (Å²) in [7, 11) is 0. The summed E-state index contributed by atoms with van der Waals surface area (Å²) in [5.41, 5.74) is 11.3. The second-order valence-corrected chi connectivity index (χ2v) is 2.08. The van der Waals surface area contributed by atoms with Gasteiger partial charge in [-0.3, -0.25) is 0 Å². The number of hydrogen-bond acceptors (Lipinski definition) is 6. The van der Waals surface area contributed by atoms with E-state index in [0.29, 0.717) is 18.7 Å². The van der Waals surface area contributed by atoms with Crippen molar-refractivity contribution in [2.24, 2.45) is 16.6 Å². The highest BCUT2D eigenvalue weighted by atomic mass is 16.6. The third-order valence-electron chi connectivity index (χ3n) is 1.29. The SMILES string of the molecule is NCCc1nonc1C(N)=NO. The second-order valence-electron chi connectivity index (χ2n) is 2.08. The van der Waals surface area contributed by atoms with Gasteiger partial charge in [0.25, 0.3) is 0 Å². The number of hydrogen-bond donors (Lipinski definition) is 3. The molecule has 1 heterocycles. The van der Waals surface area contributed by atoms with Crippen LogP contribution in [0, 0.1) is 0 Å². The van der Waals surface area contributed by atoms with Crippen LogP contribution in [0.3, 0.4) is 0 Å². The zero-order chi connectivity index (χ0) is 8.97. The van der Waals surface area contributed by atoms with Crippen LogP contribution >= 0.6 is 0 Å². The average Bonchev–Trinajstić information content (AvgIpc) is 2.52. The standard InChI is InChI=1S/C5H9N5O2/c6-2-1-3-4(5(7)8-11)10-12-9-3/h11H,1-2,6H2,(H2,7,8). The molecule has 1 aromatic rings. The molecule has 0 saturated heterocycles. The van der Waals surface area contributed by atoms with Gasteiger partial charge in [0.2, 0.25) is 0 Å². The molecule has 0 aliphatic rings. The molecule has 0 saturated carbocycles. The number of oxime groups is 1. The quantitative estimate of drug-likeness (QED) is 0.224. The lowest BCUT2D eigenvalue weighted by Crippen LogP contribution is -2.17. The molecule has 1 rings (SSSR count). The van der Waals surface area contributed by atoms with Gasteiger partial charge in [0.05, 0.1) is 0 Å². The molecule has 66 valence electrons.